The largest absolute Gasteiger partial charge is 0.455 e. The zero-order chi connectivity index (χ0) is 46.6. The van der Waals surface area contributed by atoms with Crippen molar-refractivity contribution in [1.29, 1.82) is 0 Å². The molecule has 0 amide bonds. The number of fused-ring (bicyclic) bond motifs is 12. The molecule has 11 aromatic carbocycles. The van der Waals surface area contributed by atoms with Crippen LogP contribution in [0.25, 0.3) is 144 Å². The van der Waals surface area contributed by atoms with Gasteiger partial charge in [-0.05, 0) is 100 Å². The van der Waals surface area contributed by atoms with Gasteiger partial charge in [-0.2, -0.15) is 0 Å². The Morgan fingerprint density at radius 1 is 0.282 bits per heavy atom. The van der Waals surface area contributed by atoms with E-state index in [4.69, 9.17) is 19.4 Å². The SMILES string of the molecule is c1ccc(-c2ccc(-c3nc(-c4ccc5c(c4)c4ccccc4n5-c4ccccc4)nc(-c4c(-n5c6ccccc6c6cc7ccccc7cc65)ccc5c4oc4c6ccccc6ccc54)n3)cc2)cc1. The van der Waals surface area contributed by atoms with E-state index in [2.05, 4.69) is 240 Å². The third-order valence-corrected chi connectivity index (χ3v) is 14.3. The number of nitrogens with zero attached hydrogens (tertiary/aromatic N) is 5. The highest BCUT2D eigenvalue weighted by molar-refractivity contribution is 6.19. The van der Waals surface area contributed by atoms with Gasteiger partial charge in [0, 0.05) is 54.5 Å². The monoisotopic (exact) mass is 905 g/mol. The van der Waals surface area contributed by atoms with Gasteiger partial charge in [0.25, 0.3) is 0 Å². The van der Waals surface area contributed by atoms with E-state index in [0.29, 0.717) is 23.1 Å². The zero-order valence-electron chi connectivity index (χ0n) is 38.2. The standard InChI is InChI=1S/C65H39N5O/c1-3-15-40(16-4-1)41-27-29-43(30-28-41)63-66-64(46-32-35-57-53(38-46)49-23-11-13-25-55(49)69(57)47-20-5-2-6-21-47)68-65(67-63)60-58(36-34-52-51-33-31-42-17-9-10-22-48(42)61(51)71-62(52)60)70-56-26-14-12-24-50(56)54-37-44-18-7-8-19-45(44)39-59(54)70/h1-39H. The molecule has 0 radical (unpaired) electrons. The molecule has 4 aromatic heterocycles. The van der Waals surface area contributed by atoms with Crippen LogP contribution in [0.3, 0.4) is 0 Å². The van der Waals surface area contributed by atoms with Crippen LogP contribution in [0.1, 0.15) is 0 Å². The Bertz CT molecular complexity index is 4620. The van der Waals surface area contributed by atoms with E-state index >= 15 is 0 Å². The summed E-state index contributed by atoms with van der Waals surface area (Å²) in [5.41, 5.74) is 12.8. The maximum atomic E-state index is 7.27. The average molecular weight is 906 g/mol. The lowest BCUT2D eigenvalue weighted by molar-refractivity contribution is 0.673. The van der Waals surface area contributed by atoms with Gasteiger partial charge in [0.15, 0.2) is 17.5 Å². The molecule has 4 heterocycles. The molecular formula is C65H39N5O. The first-order valence-corrected chi connectivity index (χ1v) is 24.0. The molecule has 0 aliphatic carbocycles. The topological polar surface area (TPSA) is 61.7 Å². The summed E-state index contributed by atoms with van der Waals surface area (Å²) in [6.07, 6.45) is 0. The number of rotatable bonds is 6. The van der Waals surface area contributed by atoms with E-state index in [0.717, 1.165) is 110 Å². The van der Waals surface area contributed by atoms with Crippen LogP contribution in [0, 0.1) is 0 Å². The molecule has 0 saturated heterocycles. The first kappa shape index (κ1) is 39.4. The van der Waals surface area contributed by atoms with Crippen LogP contribution in [0.15, 0.2) is 241 Å². The van der Waals surface area contributed by atoms with Crippen molar-refractivity contribution < 1.29 is 4.42 Å². The minimum atomic E-state index is 0.514. The summed E-state index contributed by atoms with van der Waals surface area (Å²) < 4.78 is 12.0. The lowest BCUT2D eigenvalue weighted by Crippen LogP contribution is -2.04. The smallest absolute Gasteiger partial charge is 0.170 e. The van der Waals surface area contributed by atoms with Crippen molar-refractivity contribution in [3.63, 3.8) is 0 Å². The summed E-state index contributed by atoms with van der Waals surface area (Å²) in [5.74, 6) is 1.64. The highest BCUT2D eigenvalue weighted by atomic mass is 16.3. The van der Waals surface area contributed by atoms with Crippen LogP contribution in [0.5, 0.6) is 0 Å². The summed E-state index contributed by atoms with van der Waals surface area (Å²) in [5, 5.41) is 11.1. The van der Waals surface area contributed by atoms with Gasteiger partial charge < -0.3 is 13.6 Å². The molecule has 71 heavy (non-hydrogen) atoms. The molecule has 0 bridgehead atoms. The van der Waals surface area contributed by atoms with Gasteiger partial charge in [-0.25, -0.2) is 15.0 Å². The van der Waals surface area contributed by atoms with E-state index < -0.39 is 0 Å². The molecule has 330 valence electrons. The number of para-hydroxylation sites is 3. The summed E-state index contributed by atoms with van der Waals surface area (Å²) >= 11 is 0. The lowest BCUT2D eigenvalue weighted by Gasteiger charge is -2.15. The van der Waals surface area contributed by atoms with Crippen LogP contribution >= 0.6 is 0 Å². The maximum absolute atomic E-state index is 7.27. The lowest BCUT2D eigenvalue weighted by atomic mass is 10.0. The minimum Gasteiger partial charge on any atom is -0.455 e. The van der Waals surface area contributed by atoms with Crippen LogP contribution < -0.4 is 0 Å². The maximum Gasteiger partial charge on any atom is 0.170 e. The van der Waals surface area contributed by atoms with Crippen molar-refractivity contribution in [1.82, 2.24) is 24.1 Å². The van der Waals surface area contributed by atoms with E-state index in [-0.39, 0.29) is 0 Å². The van der Waals surface area contributed by atoms with Crippen LogP contribution in [-0.4, -0.2) is 24.1 Å². The Balaban J connectivity index is 1.04. The molecule has 6 heteroatoms. The Hall–Kier alpha value is -9.65. The second-order valence-electron chi connectivity index (χ2n) is 18.3. The molecule has 0 N–H and O–H groups in total. The molecule has 0 spiro atoms. The van der Waals surface area contributed by atoms with E-state index in [9.17, 15) is 0 Å². The third-order valence-electron chi connectivity index (χ3n) is 14.3. The quantitative estimate of drug-likeness (QED) is 0.167. The number of benzene rings is 11. The van der Waals surface area contributed by atoms with Crippen LogP contribution in [-0.2, 0) is 0 Å². The summed E-state index contributed by atoms with van der Waals surface area (Å²) in [6, 6.07) is 83.8. The van der Waals surface area contributed by atoms with E-state index in [1.54, 1.807) is 0 Å². The Kier molecular flexibility index (Phi) is 8.56. The average Bonchev–Trinajstić information content (AvgIpc) is 4.10. The molecule has 0 saturated carbocycles. The van der Waals surface area contributed by atoms with Crippen LogP contribution in [0.4, 0.5) is 0 Å². The van der Waals surface area contributed by atoms with Crippen molar-refractivity contribution in [2.24, 2.45) is 0 Å². The molecule has 0 fully saturated rings. The van der Waals surface area contributed by atoms with Gasteiger partial charge in [-0.3, -0.25) is 0 Å². The Morgan fingerprint density at radius 3 is 1.56 bits per heavy atom. The summed E-state index contributed by atoms with van der Waals surface area (Å²) in [7, 11) is 0. The normalized spacial score (nSPS) is 11.9. The van der Waals surface area contributed by atoms with Gasteiger partial charge >= 0.3 is 0 Å². The molecule has 0 aliphatic heterocycles. The van der Waals surface area contributed by atoms with Crippen molar-refractivity contribution >= 4 is 87.1 Å². The summed E-state index contributed by atoms with van der Waals surface area (Å²) in [4.78, 5) is 16.5. The fourth-order valence-electron chi connectivity index (χ4n) is 11.0. The predicted molar refractivity (Wildman–Crippen MR) is 293 cm³/mol. The summed E-state index contributed by atoms with van der Waals surface area (Å²) in [6.45, 7) is 0. The van der Waals surface area contributed by atoms with Crippen molar-refractivity contribution in [3.8, 4) is 56.7 Å². The van der Waals surface area contributed by atoms with Crippen LogP contribution in [0.2, 0.25) is 0 Å². The molecular weight excluding hydrogens is 867 g/mol. The zero-order valence-corrected chi connectivity index (χ0v) is 38.2. The molecule has 15 rings (SSSR count). The Labute approximate surface area is 407 Å². The van der Waals surface area contributed by atoms with Crippen molar-refractivity contribution in [2.45, 2.75) is 0 Å². The molecule has 6 nitrogen and oxygen atoms in total. The van der Waals surface area contributed by atoms with Crippen molar-refractivity contribution in [2.75, 3.05) is 0 Å². The van der Waals surface area contributed by atoms with Gasteiger partial charge in [-0.15, -0.1) is 0 Å². The first-order valence-electron chi connectivity index (χ1n) is 24.0. The fourth-order valence-corrected chi connectivity index (χ4v) is 11.0. The van der Waals surface area contributed by atoms with E-state index in [1.807, 2.05) is 6.07 Å². The van der Waals surface area contributed by atoms with Gasteiger partial charge in [0.1, 0.15) is 11.2 Å². The van der Waals surface area contributed by atoms with E-state index in [1.165, 1.54) is 10.8 Å². The third kappa shape index (κ3) is 6.11. The number of hydrogen-bond donors (Lipinski definition) is 0. The molecule has 0 atom stereocenters. The number of hydrogen-bond acceptors (Lipinski definition) is 4. The van der Waals surface area contributed by atoms with Gasteiger partial charge in [-0.1, -0.05) is 164 Å². The molecule has 0 aliphatic rings. The minimum absolute atomic E-state index is 0.514. The first-order chi connectivity index (χ1) is 35.2. The van der Waals surface area contributed by atoms with Gasteiger partial charge in [0.05, 0.1) is 33.3 Å². The second kappa shape index (κ2) is 15.4. The second-order valence-corrected chi connectivity index (χ2v) is 18.3. The highest BCUT2D eigenvalue weighted by Gasteiger charge is 2.26. The highest BCUT2D eigenvalue weighted by Crippen LogP contribution is 2.45. The number of aromatic nitrogens is 5. The van der Waals surface area contributed by atoms with Crippen molar-refractivity contribution in [3.05, 3.63) is 237 Å². The molecule has 0 unspecified atom stereocenters. The number of furan rings is 1. The fraction of sp³-hybridized carbons (Fsp3) is 0. The molecule has 15 aromatic rings. The Morgan fingerprint density at radius 2 is 0.803 bits per heavy atom. The van der Waals surface area contributed by atoms with Gasteiger partial charge in [0.2, 0.25) is 0 Å². The predicted octanol–water partition coefficient (Wildman–Crippen LogP) is 16.9.